The smallest absolute Gasteiger partial charge is 0.318 e. The summed E-state index contributed by atoms with van der Waals surface area (Å²) in [5, 5.41) is 5.89. The number of anilines is 6. The van der Waals surface area contributed by atoms with E-state index in [4.69, 9.17) is 18.9 Å². The van der Waals surface area contributed by atoms with Crippen LogP contribution in [-0.4, -0.2) is 64.4 Å². The van der Waals surface area contributed by atoms with E-state index in [1.165, 1.54) is 6.07 Å². The maximum absolute atomic E-state index is 14.7. The molecule has 4 heterocycles. The van der Waals surface area contributed by atoms with Gasteiger partial charge in [-0.15, -0.1) is 0 Å². The van der Waals surface area contributed by atoms with Gasteiger partial charge in [-0.1, -0.05) is 0 Å². The van der Waals surface area contributed by atoms with Gasteiger partial charge in [-0.2, -0.15) is 4.98 Å². The second-order valence-electron chi connectivity index (χ2n) is 9.64. The molecule has 212 valence electrons. The molecular weight excluding hydrogens is 544 g/mol. The first kappa shape index (κ1) is 27.7. The van der Waals surface area contributed by atoms with E-state index in [9.17, 15) is 13.8 Å². The highest BCUT2D eigenvalue weighted by Gasteiger charge is 2.42. The monoisotopic (exact) mass is 573 g/mol. The Morgan fingerprint density at radius 2 is 1.95 bits per heavy atom. The Hall–Kier alpha value is -3.84. The van der Waals surface area contributed by atoms with E-state index < -0.39 is 32.3 Å². The zero-order valence-corrected chi connectivity index (χ0v) is 23.1. The molecular formula is C25H29FN7O6P. The molecule has 1 saturated heterocycles. The minimum atomic E-state index is -3.31. The molecule has 1 atom stereocenters. The van der Waals surface area contributed by atoms with Crippen molar-refractivity contribution in [3.63, 3.8) is 0 Å². The van der Waals surface area contributed by atoms with Crippen molar-refractivity contribution >= 4 is 48.9 Å². The molecule has 0 saturated carbocycles. The predicted octanol–water partition coefficient (Wildman–Crippen LogP) is 3.50. The summed E-state index contributed by atoms with van der Waals surface area (Å²) < 4.78 is 41.8. The van der Waals surface area contributed by atoms with Crippen LogP contribution < -0.4 is 25.2 Å². The maximum Gasteiger partial charge on any atom is 0.318 e. The maximum atomic E-state index is 14.7. The van der Waals surface area contributed by atoms with E-state index >= 15 is 0 Å². The number of aromatic nitrogens is 3. The Morgan fingerprint density at radius 1 is 1.18 bits per heavy atom. The van der Waals surface area contributed by atoms with Gasteiger partial charge in [0.05, 0.1) is 19.4 Å². The summed E-state index contributed by atoms with van der Waals surface area (Å²) in [4.78, 5) is 38.0. The molecule has 1 amide bonds. The molecule has 40 heavy (non-hydrogen) atoms. The van der Waals surface area contributed by atoms with Gasteiger partial charge in [-0.25, -0.2) is 14.4 Å². The number of nitrogens with zero attached hydrogens (tertiary/aromatic N) is 5. The SMILES string of the molecule is Cc1cc(Nc2ncc(F)c(Nc3ccc4c(n3)N(CO[PH](=O)O)C(=O)C(C)(C)O4)n2)ccc1N1CCOCC1. The summed E-state index contributed by atoms with van der Waals surface area (Å²) in [6.45, 7) is 7.65. The zero-order valence-electron chi connectivity index (χ0n) is 22.1. The molecule has 5 rings (SSSR count). The predicted molar refractivity (Wildman–Crippen MR) is 146 cm³/mol. The first-order chi connectivity index (χ1) is 19.1. The molecule has 13 nitrogen and oxygen atoms in total. The summed E-state index contributed by atoms with van der Waals surface area (Å²) in [6, 6.07) is 8.95. The molecule has 1 fully saturated rings. The van der Waals surface area contributed by atoms with Crippen molar-refractivity contribution < 1.29 is 32.6 Å². The summed E-state index contributed by atoms with van der Waals surface area (Å²) in [6.07, 6.45) is 1.03. The lowest BCUT2D eigenvalue weighted by Crippen LogP contribution is -2.53. The van der Waals surface area contributed by atoms with E-state index in [1.54, 1.807) is 19.9 Å². The van der Waals surface area contributed by atoms with Crippen LogP contribution in [0.25, 0.3) is 0 Å². The lowest BCUT2D eigenvalue weighted by molar-refractivity contribution is -0.133. The number of rotatable bonds is 8. The van der Waals surface area contributed by atoms with Crippen LogP contribution in [0.5, 0.6) is 5.75 Å². The number of morpholine rings is 1. The number of ether oxygens (including phenoxy) is 2. The summed E-state index contributed by atoms with van der Waals surface area (Å²) in [5.41, 5.74) is 1.66. The fourth-order valence-corrected chi connectivity index (χ4v) is 4.65. The molecule has 3 N–H and O–H groups in total. The molecule has 0 radical (unpaired) electrons. The van der Waals surface area contributed by atoms with Crippen LogP contribution in [0.3, 0.4) is 0 Å². The summed E-state index contributed by atoms with van der Waals surface area (Å²) >= 11 is 0. The fraction of sp³-hybridized carbons (Fsp3) is 0.360. The molecule has 1 unspecified atom stereocenters. The van der Waals surface area contributed by atoms with Crippen LogP contribution in [0.15, 0.2) is 36.5 Å². The second kappa shape index (κ2) is 11.3. The number of hydrogen-bond donors (Lipinski definition) is 3. The molecule has 2 aliphatic rings. The Balaban J connectivity index is 1.35. The van der Waals surface area contributed by atoms with E-state index in [0.717, 1.165) is 41.1 Å². The normalized spacial score (nSPS) is 17.2. The van der Waals surface area contributed by atoms with Gasteiger partial charge >= 0.3 is 8.25 Å². The fourth-order valence-electron chi connectivity index (χ4n) is 4.42. The average molecular weight is 574 g/mol. The molecule has 0 aliphatic carbocycles. The number of benzene rings is 1. The van der Waals surface area contributed by atoms with Crippen molar-refractivity contribution in [1.29, 1.82) is 0 Å². The molecule has 2 aliphatic heterocycles. The summed E-state index contributed by atoms with van der Waals surface area (Å²) in [5.74, 6) is -0.814. The first-order valence-corrected chi connectivity index (χ1v) is 13.7. The van der Waals surface area contributed by atoms with Crippen molar-refractivity contribution in [1.82, 2.24) is 15.0 Å². The van der Waals surface area contributed by atoms with Gasteiger partial charge in [0.15, 0.2) is 28.8 Å². The minimum Gasteiger partial charge on any atom is -0.474 e. The Morgan fingerprint density at radius 3 is 2.67 bits per heavy atom. The highest BCUT2D eigenvalue weighted by molar-refractivity contribution is 7.32. The first-order valence-electron chi connectivity index (χ1n) is 12.5. The van der Waals surface area contributed by atoms with Gasteiger partial charge < -0.3 is 29.9 Å². The zero-order chi connectivity index (χ0) is 28.4. The van der Waals surface area contributed by atoms with E-state index in [1.807, 2.05) is 25.1 Å². The Kier molecular flexibility index (Phi) is 7.86. The number of carbonyl (C=O) groups is 1. The van der Waals surface area contributed by atoms with Gasteiger partial charge in [0.2, 0.25) is 5.95 Å². The van der Waals surface area contributed by atoms with Crippen molar-refractivity contribution in [2.75, 3.05) is 53.5 Å². The third-order valence-electron chi connectivity index (χ3n) is 6.33. The largest absolute Gasteiger partial charge is 0.474 e. The molecule has 2 aromatic heterocycles. The Labute approximate surface area is 230 Å². The summed E-state index contributed by atoms with van der Waals surface area (Å²) in [7, 11) is -3.31. The quantitative estimate of drug-likeness (QED) is 0.338. The van der Waals surface area contributed by atoms with Gasteiger partial charge in [0.25, 0.3) is 5.91 Å². The number of fused-ring (bicyclic) bond motifs is 1. The van der Waals surface area contributed by atoms with Crippen LogP contribution in [-0.2, 0) is 18.6 Å². The molecule has 3 aromatic rings. The van der Waals surface area contributed by atoms with Gasteiger partial charge in [0, 0.05) is 24.5 Å². The third-order valence-corrected chi connectivity index (χ3v) is 6.71. The number of aryl methyl sites for hydroxylation is 1. The van der Waals surface area contributed by atoms with Gasteiger partial charge in [-0.3, -0.25) is 18.8 Å². The van der Waals surface area contributed by atoms with E-state index in [-0.39, 0.29) is 29.2 Å². The minimum absolute atomic E-state index is 0.0428. The van der Waals surface area contributed by atoms with Crippen molar-refractivity contribution in [3.8, 4) is 5.75 Å². The highest BCUT2D eigenvalue weighted by atomic mass is 31.1. The second-order valence-corrected chi connectivity index (χ2v) is 10.5. The van der Waals surface area contributed by atoms with E-state index in [0.29, 0.717) is 13.2 Å². The van der Waals surface area contributed by atoms with Crippen LogP contribution >= 0.6 is 8.25 Å². The number of hydrogen-bond acceptors (Lipinski definition) is 11. The number of pyridine rings is 1. The molecule has 15 heteroatoms. The van der Waals surface area contributed by atoms with Crippen molar-refractivity contribution in [2.45, 2.75) is 26.4 Å². The number of carbonyl (C=O) groups excluding carboxylic acids is 1. The number of halogens is 1. The van der Waals surface area contributed by atoms with Crippen LogP contribution in [0.4, 0.5) is 39.2 Å². The Bertz CT molecular complexity index is 1450. The standard InChI is InChI=1S/C25H29FN7O6P/c1-15-12-16(4-5-18(15)32-8-10-37-11-9-32)28-24-27-13-17(26)21(31-24)29-20-7-6-19-22(30-20)33(14-38-40(35)36)23(34)25(2,3)39-19/h4-7,12-13,40H,8-11,14H2,1-3H3,(H,35,36)(H2,27,28,29,30,31). The van der Waals surface area contributed by atoms with Gasteiger partial charge in [0.1, 0.15) is 12.5 Å². The van der Waals surface area contributed by atoms with Gasteiger partial charge in [-0.05, 0) is 56.7 Å². The van der Waals surface area contributed by atoms with Crippen molar-refractivity contribution in [2.24, 2.45) is 0 Å². The molecule has 1 aromatic carbocycles. The topological polar surface area (TPSA) is 151 Å². The van der Waals surface area contributed by atoms with Crippen LogP contribution in [0, 0.1) is 12.7 Å². The lowest BCUT2D eigenvalue weighted by atomic mass is 10.1. The molecule has 0 bridgehead atoms. The highest BCUT2D eigenvalue weighted by Crippen LogP contribution is 2.38. The van der Waals surface area contributed by atoms with E-state index in [2.05, 4.69) is 30.5 Å². The third kappa shape index (κ3) is 5.99. The lowest BCUT2D eigenvalue weighted by Gasteiger charge is -2.37. The number of amides is 1. The molecule has 0 spiro atoms. The van der Waals surface area contributed by atoms with Crippen LogP contribution in [0.2, 0.25) is 0 Å². The van der Waals surface area contributed by atoms with Crippen molar-refractivity contribution in [3.05, 3.63) is 47.9 Å². The number of nitrogens with one attached hydrogen (secondary N) is 2. The average Bonchev–Trinajstić information content (AvgIpc) is 2.91. The van der Waals surface area contributed by atoms with Crippen LogP contribution in [0.1, 0.15) is 19.4 Å².